The maximum absolute atomic E-state index is 13.2. The van der Waals surface area contributed by atoms with Crippen LogP contribution in [0.15, 0.2) is 34.6 Å². The predicted octanol–water partition coefficient (Wildman–Crippen LogP) is 6.19. The number of aryl methyl sites for hydroxylation is 1. The molecule has 0 radical (unpaired) electrons. The molecule has 15 heteroatoms. The molecule has 1 aliphatic rings. The number of thioether (sulfide) groups is 1. The predicted molar refractivity (Wildman–Crippen MR) is 127 cm³/mol. The summed E-state index contributed by atoms with van der Waals surface area (Å²) in [5.74, 6) is 0.259. The molecule has 0 aliphatic carbocycles. The molecule has 1 aromatic carbocycles. The van der Waals surface area contributed by atoms with Crippen molar-refractivity contribution >= 4 is 51.6 Å². The van der Waals surface area contributed by atoms with Crippen LogP contribution in [0, 0.1) is 0 Å². The maximum Gasteiger partial charge on any atom is 0.416 e. The number of carbonyl (C=O) groups excluding carboxylic acids is 1. The van der Waals surface area contributed by atoms with Gasteiger partial charge in [0.05, 0.1) is 16.0 Å². The number of alkyl halides is 6. The minimum Gasteiger partial charge on any atom is -0.293 e. The molecule has 1 amide bonds. The Morgan fingerprint density at radius 3 is 2.31 bits per heavy atom. The van der Waals surface area contributed by atoms with E-state index >= 15 is 0 Å². The fraction of sp³-hybridized carbons (Fsp3) is 0.286. The van der Waals surface area contributed by atoms with E-state index in [4.69, 9.17) is 12.2 Å². The van der Waals surface area contributed by atoms with Crippen LogP contribution in [-0.2, 0) is 23.6 Å². The molecule has 4 rings (SSSR count). The van der Waals surface area contributed by atoms with Gasteiger partial charge in [-0.05, 0) is 59.7 Å². The number of amides is 1. The highest BCUT2D eigenvalue weighted by atomic mass is 32.2. The summed E-state index contributed by atoms with van der Waals surface area (Å²) in [4.78, 5) is 15.1. The first-order chi connectivity index (χ1) is 16.9. The number of aromatic nitrogens is 4. The lowest BCUT2D eigenvalue weighted by Gasteiger charge is -2.13. The number of thiocarbonyl (C=S) groups is 1. The summed E-state index contributed by atoms with van der Waals surface area (Å²) in [6.07, 6.45) is -6.39. The van der Waals surface area contributed by atoms with Crippen LogP contribution in [0.4, 0.5) is 26.3 Å². The lowest BCUT2D eigenvalue weighted by atomic mass is 10.0. The Labute approximate surface area is 213 Å². The monoisotopic (exact) mass is 563 g/mol. The fourth-order valence-electron chi connectivity index (χ4n) is 3.36. The smallest absolute Gasteiger partial charge is 0.293 e. The first-order valence-corrected chi connectivity index (χ1v) is 12.4. The molecule has 0 saturated carbocycles. The Morgan fingerprint density at radius 2 is 1.69 bits per heavy atom. The van der Waals surface area contributed by atoms with Gasteiger partial charge in [0.2, 0.25) is 0 Å². The summed E-state index contributed by atoms with van der Waals surface area (Å²) in [7, 11) is 0. The zero-order chi connectivity index (χ0) is 26.1. The van der Waals surface area contributed by atoms with Gasteiger partial charge in [-0.25, -0.2) is 0 Å². The molecule has 6 nitrogen and oxygen atoms in total. The molecule has 0 spiro atoms. The molecular formula is C21H15F6N5OS3. The van der Waals surface area contributed by atoms with Crippen molar-refractivity contribution < 1.29 is 31.1 Å². The van der Waals surface area contributed by atoms with Crippen LogP contribution in [-0.4, -0.2) is 42.3 Å². The summed E-state index contributed by atoms with van der Waals surface area (Å²) in [6, 6.07) is 2.88. The van der Waals surface area contributed by atoms with Crippen molar-refractivity contribution in [3.8, 4) is 11.1 Å². The van der Waals surface area contributed by atoms with Gasteiger partial charge in [0.25, 0.3) is 5.91 Å². The third-order valence-electron chi connectivity index (χ3n) is 5.11. The van der Waals surface area contributed by atoms with Crippen molar-refractivity contribution in [2.45, 2.75) is 31.6 Å². The van der Waals surface area contributed by atoms with E-state index in [0.717, 1.165) is 23.1 Å². The normalized spacial score (nSPS) is 15.9. The molecule has 2 aromatic heterocycles. The minimum absolute atomic E-state index is 0.0876. The summed E-state index contributed by atoms with van der Waals surface area (Å²) in [6.45, 7) is 0.389. The van der Waals surface area contributed by atoms with Crippen LogP contribution in [0.3, 0.4) is 0 Å². The van der Waals surface area contributed by atoms with E-state index < -0.39 is 23.5 Å². The molecule has 1 N–H and O–H groups in total. The number of unbranched alkanes of at least 4 members (excludes halogenated alkanes) is 1. The number of hydrogen-bond acceptors (Lipinski definition) is 7. The third-order valence-corrected chi connectivity index (χ3v) is 7.37. The average Bonchev–Trinajstić information content (AvgIpc) is 3.53. The largest absolute Gasteiger partial charge is 0.416 e. The molecule has 1 aliphatic heterocycles. The quantitative estimate of drug-likeness (QED) is 0.160. The lowest BCUT2D eigenvalue weighted by Crippen LogP contribution is -2.29. The summed E-state index contributed by atoms with van der Waals surface area (Å²) < 4.78 is 79.5. The number of carbonyl (C=O) groups is 1. The zero-order valence-corrected chi connectivity index (χ0v) is 20.4. The molecule has 0 unspecified atom stereocenters. The minimum atomic E-state index is -4.94. The molecule has 0 atom stereocenters. The molecule has 36 heavy (non-hydrogen) atoms. The lowest BCUT2D eigenvalue weighted by molar-refractivity contribution is -0.143. The maximum atomic E-state index is 13.2. The van der Waals surface area contributed by atoms with Gasteiger partial charge in [-0.2, -0.15) is 31.6 Å². The highest BCUT2D eigenvalue weighted by Crippen LogP contribution is 2.40. The highest BCUT2D eigenvalue weighted by Gasteiger charge is 2.37. The molecule has 1 fully saturated rings. The van der Waals surface area contributed by atoms with Crippen molar-refractivity contribution in [2.24, 2.45) is 0 Å². The summed E-state index contributed by atoms with van der Waals surface area (Å²) >= 11 is 7.48. The van der Waals surface area contributed by atoms with Crippen molar-refractivity contribution in [1.82, 2.24) is 25.5 Å². The number of H-pyrrole nitrogens is 1. The molecular weight excluding hydrogens is 548 g/mol. The van der Waals surface area contributed by atoms with Gasteiger partial charge in [-0.1, -0.05) is 29.2 Å². The van der Waals surface area contributed by atoms with E-state index in [-0.39, 0.29) is 23.1 Å². The molecule has 3 aromatic rings. The summed E-state index contributed by atoms with van der Waals surface area (Å²) in [5.41, 5.74) is -2.82. The van der Waals surface area contributed by atoms with Gasteiger partial charge >= 0.3 is 12.4 Å². The second-order valence-electron chi connectivity index (χ2n) is 7.65. The summed E-state index contributed by atoms with van der Waals surface area (Å²) in [5, 5.41) is 15.0. The van der Waals surface area contributed by atoms with Crippen molar-refractivity contribution in [2.75, 3.05) is 6.54 Å². The number of nitrogens with one attached hydrogen (secondary N) is 1. The van der Waals surface area contributed by atoms with Crippen LogP contribution in [0.2, 0.25) is 0 Å². The number of aromatic amines is 1. The van der Waals surface area contributed by atoms with E-state index in [1.807, 2.05) is 0 Å². The van der Waals surface area contributed by atoms with E-state index in [9.17, 15) is 31.1 Å². The van der Waals surface area contributed by atoms with Gasteiger partial charge < -0.3 is 0 Å². The van der Waals surface area contributed by atoms with Crippen LogP contribution < -0.4 is 0 Å². The number of nitrogens with zero attached hydrogens (tertiary/aromatic N) is 4. The van der Waals surface area contributed by atoms with E-state index in [1.54, 1.807) is 0 Å². The Bertz CT molecular complexity index is 1270. The number of halogens is 6. The van der Waals surface area contributed by atoms with Crippen LogP contribution in [0.1, 0.15) is 34.7 Å². The SMILES string of the molecule is O=C1C(=Cc2cc(-c3cc(C(F)(F)F)cc(C(F)(F)F)c3)cs2)SC(=S)N1CCCCc1nn[nH]n1. The van der Waals surface area contributed by atoms with Crippen molar-refractivity contribution in [3.05, 3.63) is 56.4 Å². The van der Waals surface area contributed by atoms with Crippen molar-refractivity contribution in [3.63, 3.8) is 0 Å². The van der Waals surface area contributed by atoms with Gasteiger partial charge in [-0.3, -0.25) is 9.69 Å². The Kier molecular flexibility index (Phi) is 7.52. The first-order valence-electron chi connectivity index (χ1n) is 10.3. The van der Waals surface area contributed by atoms with E-state index in [2.05, 4.69) is 20.6 Å². The first kappa shape index (κ1) is 26.3. The third kappa shape index (κ3) is 6.13. The number of tetrazole rings is 1. The number of benzene rings is 1. The topological polar surface area (TPSA) is 74.8 Å². The van der Waals surface area contributed by atoms with E-state index in [1.165, 1.54) is 22.4 Å². The number of thiophene rings is 1. The Hall–Kier alpha value is -2.78. The average molecular weight is 564 g/mol. The Balaban J connectivity index is 1.49. The van der Waals surface area contributed by atoms with Crippen LogP contribution >= 0.6 is 35.3 Å². The van der Waals surface area contributed by atoms with Gasteiger partial charge in [0, 0.05) is 17.8 Å². The second-order valence-corrected chi connectivity index (χ2v) is 10.3. The molecule has 190 valence electrons. The molecule has 0 bridgehead atoms. The zero-order valence-electron chi connectivity index (χ0n) is 18.0. The van der Waals surface area contributed by atoms with Gasteiger partial charge in [-0.15, -0.1) is 21.5 Å². The van der Waals surface area contributed by atoms with Crippen molar-refractivity contribution in [1.29, 1.82) is 0 Å². The Morgan fingerprint density at radius 1 is 1.00 bits per heavy atom. The fourth-order valence-corrected chi connectivity index (χ4v) is 5.59. The standard InChI is InChI=1S/C21H15F6N5OS3/c22-20(23,24)13-5-11(6-14(8-13)21(25,26)27)12-7-15(35-10-12)9-16-18(33)32(19(34)36-16)4-2-1-3-17-28-30-31-29-17/h5-10H,1-4H2,(H,28,29,30,31). The van der Waals surface area contributed by atoms with Crippen LogP contribution in [0.25, 0.3) is 17.2 Å². The number of rotatable bonds is 7. The van der Waals surface area contributed by atoms with Gasteiger partial charge in [0.15, 0.2) is 5.82 Å². The molecule has 3 heterocycles. The van der Waals surface area contributed by atoms with Crippen LogP contribution in [0.5, 0.6) is 0 Å². The van der Waals surface area contributed by atoms with Gasteiger partial charge in [0.1, 0.15) is 4.32 Å². The number of hydrogen-bond donors (Lipinski definition) is 1. The highest BCUT2D eigenvalue weighted by molar-refractivity contribution is 8.26. The molecule has 1 saturated heterocycles. The van der Waals surface area contributed by atoms with E-state index in [0.29, 0.717) is 57.9 Å². The second kappa shape index (κ2) is 10.3.